The van der Waals surface area contributed by atoms with Crippen LogP contribution in [0.25, 0.3) is 0 Å². The monoisotopic (exact) mass is 231 g/mol. The van der Waals surface area contributed by atoms with Gasteiger partial charge in [-0.25, -0.2) is 4.79 Å². The lowest BCUT2D eigenvalue weighted by molar-refractivity contribution is -0.142. The van der Waals surface area contributed by atoms with E-state index in [1.807, 2.05) is 13.2 Å². The molecule has 0 saturated heterocycles. The first-order valence-corrected chi connectivity index (χ1v) is 6.47. The van der Waals surface area contributed by atoms with Gasteiger partial charge in [0.15, 0.2) is 0 Å². The Bertz CT molecular complexity index is 257. The van der Waals surface area contributed by atoms with Crippen molar-refractivity contribution in [3.8, 4) is 0 Å². The average Bonchev–Trinajstić information content (AvgIpc) is 2.89. The first-order valence-electron chi connectivity index (χ1n) is 5.08. The molecular weight excluding hydrogens is 214 g/mol. The molecule has 0 aromatic carbocycles. The van der Waals surface area contributed by atoms with E-state index in [0.717, 1.165) is 12.2 Å². The number of thioether (sulfide) groups is 1. The molecule has 0 radical (unpaired) electrons. The van der Waals surface area contributed by atoms with Crippen LogP contribution in [0.4, 0.5) is 0 Å². The smallest absolute Gasteiger partial charge is 0.326 e. The van der Waals surface area contributed by atoms with Crippen LogP contribution in [0.1, 0.15) is 19.8 Å². The molecule has 1 amide bonds. The Morgan fingerprint density at radius 2 is 2.20 bits per heavy atom. The summed E-state index contributed by atoms with van der Waals surface area (Å²) in [6, 6.07) is -0.724. The normalized spacial score (nSPS) is 25.7. The molecule has 1 aliphatic rings. The second-order valence-corrected chi connectivity index (χ2v) is 4.99. The first-order chi connectivity index (χ1) is 7.06. The van der Waals surface area contributed by atoms with Crippen LogP contribution in [0.2, 0.25) is 0 Å². The highest BCUT2D eigenvalue weighted by atomic mass is 32.2. The molecule has 3 atom stereocenters. The van der Waals surface area contributed by atoms with E-state index in [1.165, 1.54) is 0 Å². The summed E-state index contributed by atoms with van der Waals surface area (Å²) in [5, 5.41) is 11.5. The fraction of sp³-hybridized carbons (Fsp3) is 0.800. The van der Waals surface area contributed by atoms with Crippen LogP contribution in [0.5, 0.6) is 0 Å². The van der Waals surface area contributed by atoms with Crippen molar-refractivity contribution >= 4 is 23.6 Å². The maximum absolute atomic E-state index is 11.5. The molecule has 1 aliphatic carbocycles. The Kier molecular flexibility index (Phi) is 4.45. The Balaban J connectivity index is 2.36. The average molecular weight is 231 g/mol. The predicted molar refractivity (Wildman–Crippen MR) is 59.8 cm³/mol. The minimum Gasteiger partial charge on any atom is -0.480 e. The van der Waals surface area contributed by atoms with Gasteiger partial charge in [-0.15, -0.1) is 0 Å². The van der Waals surface area contributed by atoms with E-state index in [4.69, 9.17) is 5.11 Å². The van der Waals surface area contributed by atoms with Crippen molar-refractivity contribution in [2.24, 2.45) is 11.8 Å². The van der Waals surface area contributed by atoms with Crippen LogP contribution >= 0.6 is 11.8 Å². The summed E-state index contributed by atoms with van der Waals surface area (Å²) >= 11 is 1.58. The number of amides is 1. The molecule has 0 heterocycles. The number of hydrogen-bond acceptors (Lipinski definition) is 3. The Labute approximate surface area is 93.8 Å². The van der Waals surface area contributed by atoms with Crippen molar-refractivity contribution in [3.05, 3.63) is 0 Å². The fourth-order valence-corrected chi connectivity index (χ4v) is 1.93. The van der Waals surface area contributed by atoms with E-state index in [2.05, 4.69) is 5.32 Å². The van der Waals surface area contributed by atoms with Gasteiger partial charge in [0.1, 0.15) is 6.04 Å². The van der Waals surface area contributed by atoms with Crippen molar-refractivity contribution in [2.75, 3.05) is 12.0 Å². The zero-order chi connectivity index (χ0) is 11.4. The van der Waals surface area contributed by atoms with Crippen molar-refractivity contribution in [1.29, 1.82) is 0 Å². The third kappa shape index (κ3) is 3.74. The second kappa shape index (κ2) is 5.39. The maximum atomic E-state index is 11.5. The summed E-state index contributed by atoms with van der Waals surface area (Å²) in [7, 11) is 0. The lowest BCUT2D eigenvalue weighted by atomic mass is 10.2. The molecule has 0 bridgehead atoms. The topological polar surface area (TPSA) is 66.4 Å². The standard InChI is InChI=1S/C10H17NO3S/c1-6-5-7(6)9(12)11-8(10(13)14)3-4-15-2/h6-8H,3-5H2,1-2H3,(H,11,12)(H,13,14)/t6?,7?,8-/m1/s1. The van der Waals surface area contributed by atoms with Gasteiger partial charge >= 0.3 is 5.97 Å². The highest BCUT2D eigenvalue weighted by Crippen LogP contribution is 2.37. The Hall–Kier alpha value is -0.710. The van der Waals surface area contributed by atoms with Gasteiger partial charge in [0.05, 0.1) is 0 Å². The summed E-state index contributed by atoms with van der Waals surface area (Å²) in [5.41, 5.74) is 0. The third-order valence-electron chi connectivity index (χ3n) is 2.67. The first kappa shape index (κ1) is 12.4. The van der Waals surface area contributed by atoms with E-state index in [0.29, 0.717) is 12.3 Å². The number of carbonyl (C=O) groups excluding carboxylic acids is 1. The van der Waals surface area contributed by atoms with Crippen LogP contribution in [-0.4, -0.2) is 35.0 Å². The summed E-state index contributed by atoms with van der Waals surface area (Å²) < 4.78 is 0. The lowest BCUT2D eigenvalue weighted by Gasteiger charge is -2.13. The molecule has 0 spiro atoms. The van der Waals surface area contributed by atoms with Gasteiger partial charge in [-0.1, -0.05) is 6.92 Å². The zero-order valence-electron chi connectivity index (χ0n) is 9.03. The summed E-state index contributed by atoms with van der Waals surface area (Å²) in [6.07, 6.45) is 3.30. The number of aliphatic carboxylic acids is 1. The number of rotatable bonds is 6. The molecule has 1 saturated carbocycles. The van der Waals surface area contributed by atoms with Crippen molar-refractivity contribution in [1.82, 2.24) is 5.32 Å². The molecule has 2 unspecified atom stereocenters. The molecule has 4 nitrogen and oxygen atoms in total. The maximum Gasteiger partial charge on any atom is 0.326 e. The molecule has 0 aromatic heterocycles. The second-order valence-electron chi connectivity index (χ2n) is 4.00. The number of carboxylic acid groups (broad SMARTS) is 1. The molecule has 86 valence electrons. The number of carboxylic acids is 1. The van der Waals surface area contributed by atoms with Gasteiger partial charge in [-0.05, 0) is 30.8 Å². The van der Waals surface area contributed by atoms with Crippen molar-refractivity contribution in [3.63, 3.8) is 0 Å². The van der Waals surface area contributed by atoms with Crippen LogP contribution in [0.15, 0.2) is 0 Å². The molecule has 0 aliphatic heterocycles. The minimum atomic E-state index is -0.939. The third-order valence-corrected chi connectivity index (χ3v) is 3.32. The number of carbonyl (C=O) groups is 2. The minimum absolute atomic E-state index is 0.0427. The van der Waals surface area contributed by atoms with Gasteiger partial charge in [-0.2, -0.15) is 11.8 Å². The van der Waals surface area contributed by atoms with Crippen LogP contribution in [-0.2, 0) is 9.59 Å². The molecule has 5 heteroatoms. The molecule has 1 rings (SSSR count). The van der Waals surface area contributed by atoms with Gasteiger partial charge in [-0.3, -0.25) is 4.79 Å². The van der Waals surface area contributed by atoms with Crippen LogP contribution in [0, 0.1) is 11.8 Å². The highest BCUT2D eigenvalue weighted by molar-refractivity contribution is 7.98. The molecular formula is C10H17NO3S. The summed E-state index contributed by atoms with van der Waals surface area (Å²) in [6.45, 7) is 2.00. The van der Waals surface area contributed by atoms with Gasteiger partial charge in [0, 0.05) is 5.92 Å². The fourth-order valence-electron chi connectivity index (χ4n) is 1.46. The van der Waals surface area contributed by atoms with Gasteiger partial charge in [0.2, 0.25) is 5.91 Å². The quantitative estimate of drug-likeness (QED) is 0.714. The Morgan fingerprint density at radius 1 is 1.60 bits per heavy atom. The molecule has 0 aromatic rings. The molecule has 1 fully saturated rings. The van der Waals surface area contributed by atoms with Gasteiger partial charge < -0.3 is 10.4 Å². The lowest BCUT2D eigenvalue weighted by Crippen LogP contribution is -2.42. The van der Waals surface area contributed by atoms with E-state index >= 15 is 0 Å². The SMILES string of the molecule is CSCC[C@@H](NC(=O)C1CC1C)C(=O)O. The molecule has 2 N–H and O–H groups in total. The predicted octanol–water partition coefficient (Wildman–Crippen LogP) is 0.965. The number of hydrogen-bond donors (Lipinski definition) is 2. The highest BCUT2D eigenvalue weighted by Gasteiger charge is 2.40. The number of nitrogens with one attached hydrogen (secondary N) is 1. The van der Waals surface area contributed by atoms with Crippen molar-refractivity contribution < 1.29 is 14.7 Å². The summed E-state index contributed by atoms with van der Waals surface area (Å²) in [4.78, 5) is 22.4. The van der Waals surface area contributed by atoms with Crippen LogP contribution in [0.3, 0.4) is 0 Å². The van der Waals surface area contributed by atoms with Crippen LogP contribution < -0.4 is 5.32 Å². The van der Waals surface area contributed by atoms with E-state index < -0.39 is 12.0 Å². The molecule has 15 heavy (non-hydrogen) atoms. The summed E-state index contributed by atoms with van der Waals surface area (Å²) in [5.74, 6) is 0.167. The van der Waals surface area contributed by atoms with E-state index in [-0.39, 0.29) is 11.8 Å². The van der Waals surface area contributed by atoms with E-state index in [9.17, 15) is 9.59 Å². The van der Waals surface area contributed by atoms with Crippen molar-refractivity contribution in [2.45, 2.75) is 25.8 Å². The van der Waals surface area contributed by atoms with E-state index in [1.54, 1.807) is 11.8 Å². The van der Waals surface area contributed by atoms with Gasteiger partial charge in [0.25, 0.3) is 0 Å². The Morgan fingerprint density at radius 3 is 2.60 bits per heavy atom. The largest absolute Gasteiger partial charge is 0.480 e. The zero-order valence-corrected chi connectivity index (χ0v) is 9.84.